The summed E-state index contributed by atoms with van der Waals surface area (Å²) in [6.45, 7) is 8.13. The molecule has 14 heavy (non-hydrogen) atoms. The molecule has 0 radical (unpaired) electrons. The van der Waals surface area contributed by atoms with Gasteiger partial charge in [-0.2, -0.15) is 0 Å². The molecule has 1 aromatic rings. The van der Waals surface area contributed by atoms with Gasteiger partial charge in [-0.25, -0.2) is 0 Å². The molecule has 1 nitrogen and oxygen atoms in total. The third-order valence-electron chi connectivity index (χ3n) is 1.87. The number of hydrogen-bond donors (Lipinski definition) is 1. The lowest BCUT2D eigenvalue weighted by molar-refractivity contribution is 1.23. The molecule has 0 fully saturated rings. The average molecular weight is 208 g/mol. The molecule has 0 saturated heterocycles. The SMILES string of the molecule is C=CCNc1ccc(Cl)cc1CC=C. The van der Waals surface area contributed by atoms with E-state index in [0.717, 1.165) is 29.2 Å². The first kappa shape index (κ1) is 10.9. The molecule has 1 aromatic carbocycles. The van der Waals surface area contributed by atoms with E-state index in [-0.39, 0.29) is 0 Å². The lowest BCUT2D eigenvalue weighted by Gasteiger charge is -2.09. The normalized spacial score (nSPS) is 9.50. The van der Waals surface area contributed by atoms with Gasteiger partial charge in [0.2, 0.25) is 0 Å². The Hall–Kier alpha value is -1.21. The van der Waals surface area contributed by atoms with Gasteiger partial charge in [-0.3, -0.25) is 0 Å². The summed E-state index contributed by atoms with van der Waals surface area (Å²) >= 11 is 5.90. The number of anilines is 1. The second kappa shape index (κ2) is 5.51. The van der Waals surface area contributed by atoms with Crippen LogP contribution >= 0.6 is 11.6 Å². The lowest BCUT2D eigenvalue weighted by atomic mass is 10.1. The van der Waals surface area contributed by atoms with Crippen LogP contribution < -0.4 is 5.32 Å². The van der Waals surface area contributed by atoms with Gasteiger partial charge in [0.1, 0.15) is 0 Å². The molecule has 0 unspecified atom stereocenters. The van der Waals surface area contributed by atoms with Crippen LogP contribution in [0.2, 0.25) is 5.02 Å². The fourth-order valence-electron chi connectivity index (χ4n) is 1.24. The van der Waals surface area contributed by atoms with Crippen LogP contribution in [0, 0.1) is 0 Å². The van der Waals surface area contributed by atoms with Crippen LogP contribution in [0.4, 0.5) is 5.69 Å². The minimum absolute atomic E-state index is 0.756. The highest BCUT2D eigenvalue weighted by Crippen LogP contribution is 2.21. The zero-order valence-electron chi connectivity index (χ0n) is 8.09. The number of hydrogen-bond acceptors (Lipinski definition) is 1. The van der Waals surface area contributed by atoms with Gasteiger partial charge in [0.25, 0.3) is 0 Å². The molecule has 0 spiro atoms. The van der Waals surface area contributed by atoms with E-state index in [4.69, 9.17) is 11.6 Å². The van der Waals surface area contributed by atoms with Gasteiger partial charge < -0.3 is 5.32 Å². The molecular weight excluding hydrogens is 194 g/mol. The van der Waals surface area contributed by atoms with E-state index >= 15 is 0 Å². The van der Waals surface area contributed by atoms with Crippen molar-refractivity contribution in [2.45, 2.75) is 6.42 Å². The van der Waals surface area contributed by atoms with Gasteiger partial charge in [-0.15, -0.1) is 13.2 Å². The number of nitrogens with one attached hydrogen (secondary N) is 1. The van der Waals surface area contributed by atoms with Crippen molar-refractivity contribution in [2.24, 2.45) is 0 Å². The number of rotatable bonds is 5. The first-order valence-electron chi connectivity index (χ1n) is 4.52. The molecule has 1 N–H and O–H groups in total. The largest absolute Gasteiger partial charge is 0.381 e. The monoisotopic (exact) mass is 207 g/mol. The van der Waals surface area contributed by atoms with Crippen LogP contribution in [0.3, 0.4) is 0 Å². The summed E-state index contributed by atoms with van der Waals surface area (Å²) in [5, 5.41) is 4.01. The highest BCUT2D eigenvalue weighted by atomic mass is 35.5. The Labute approximate surface area is 90.1 Å². The van der Waals surface area contributed by atoms with Crippen molar-refractivity contribution in [2.75, 3.05) is 11.9 Å². The van der Waals surface area contributed by atoms with Gasteiger partial charge >= 0.3 is 0 Å². The number of benzene rings is 1. The van der Waals surface area contributed by atoms with Crippen molar-refractivity contribution in [3.05, 3.63) is 54.1 Å². The molecular formula is C12H14ClN. The van der Waals surface area contributed by atoms with E-state index in [0.29, 0.717) is 0 Å². The van der Waals surface area contributed by atoms with E-state index in [9.17, 15) is 0 Å². The van der Waals surface area contributed by atoms with E-state index in [2.05, 4.69) is 18.5 Å². The summed E-state index contributed by atoms with van der Waals surface area (Å²) in [4.78, 5) is 0. The molecule has 0 aromatic heterocycles. The topological polar surface area (TPSA) is 12.0 Å². The molecule has 0 amide bonds. The standard InChI is InChI=1S/C12H14ClN/c1-3-5-10-9-11(13)6-7-12(10)14-8-4-2/h3-4,6-7,9,14H,1-2,5,8H2. The Morgan fingerprint density at radius 1 is 1.29 bits per heavy atom. The summed E-state index contributed by atoms with van der Waals surface area (Å²) in [5.41, 5.74) is 2.25. The van der Waals surface area contributed by atoms with Crippen LogP contribution in [0.1, 0.15) is 5.56 Å². The van der Waals surface area contributed by atoms with Crippen LogP contribution in [-0.4, -0.2) is 6.54 Å². The summed E-state index contributed by atoms with van der Waals surface area (Å²) < 4.78 is 0. The molecule has 1 rings (SSSR count). The Bertz CT molecular complexity index is 331. The van der Waals surface area contributed by atoms with Gasteiger partial charge in [0.15, 0.2) is 0 Å². The molecule has 0 atom stereocenters. The Morgan fingerprint density at radius 2 is 2.07 bits per heavy atom. The molecule has 0 aliphatic heterocycles. The van der Waals surface area contributed by atoms with Crippen LogP contribution in [0.15, 0.2) is 43.5 Å². The van der Waals surface area contributed by atoms with Gasteiger partial charge in [-0.1, -0.05) is 23.8 Å². The average Bonchev–Trinajstić information content (AvgIpc) is 2.17. The summed E-state index contributed by atoms with van der Waals surface area (Å²) in [5.74, 6) is 0. The predicted molar refractivity (Wildman–Crippen MR) is 64.0 cm³/mol. The van der Waals surface area contributed by atoms with Gasteiger partial charge in [0, 0.05) is 17.3 Å². The van der Waals surface area contributed by atoms with Crippen molar-refractivity contribution < 1.29 is 0 Å². The molecule has 0 heterocycles. The second-order valence-electron chi connectivity index (χ2n) is 2.96. The summed E-state index contributed by atoms with van der Waals surface area (Å²) in [6.07, 6.45) is 4.51. The minimum Gasteiger partial charge on any atom is -0.381 e. The van der Waals surface area contributed by atoms with Crippen molar-refractivity contribution in [3.8, 4) is 0 Å². The van der Waals surface area contributed by atoms with Crippen LogP contribution in [-0.2, 0) is 6.42 Å². The lowest BCUT2D eigenvalue weighted by Crippen LogP contribution is -2.01. The van der Waals surface area contributed by atoms with E-state index in [1.165, 1.54) is 0 Å². The van der Waals surface area contributed by atoms with Crippen LogP contribution in [0.25, 0.3) is 0 Å². The van der Waals surface area contributed by atoms with Crippen molar-refractivity contribution in [3.63, 3.8) is 0 Å². The zero-order chi connectivity index (χ0) is 10.4. The second-order valence-corrected chi connectivity index (χ2v) is 3.40. The van der Waals surface area contributed by atoms with Gasteiger partial charge in [-0.05, 0) is 30.2 Å². The first-order valence-corrected chi connectivity index (χ1v) is 4.90. The van der Waals surface area contributed by atoms with Crippen molar-refractivity contribution in [1.82, 2.24) is 0 Å². The molecule has 0 aliphatic carbocycles. The number of allylic oxidation sites excluding steroid dienone is 1. The Kier molecular flexibility index (Phi) is 4.27. The zero-order valence-corrected chi connectivity index (χ0v) is 8.85. The maximum Gasteiger partial charge on any atom is 0.0410 e. The number of halogens is 1. The maximum absolute atomic E-state index is 5.90. The maximum atomic E-state index is 5.90. The molecule has 0 aliphatic rings. The Balaban J connectivity index is 2.88. The predicted octanol–water partition coefficient (Wildman–Crippen LogP) is 3.67. The fraction of sp³-hybridized carbons (Fsp3) is 0.167. The molecule has 0 bridgehead atoms. The third-order valence-corrected chi connectivity index (χ3v) is 2.10. The van der Waals surface area contributed by atoms with Gasteiger partial charge in [0.05, 0.1) is 0 Å². The van der Waals surface area contributed by atoms with E-state index < -0.39 is 0 Å². The van der Waals surface area contributed by atoms with Crippen molar-refractivity contribution >= 4 is 17.3 Å². The summed E-state index contributed by atoms with van der Waals surface area (Å²) in [7, 11) is 0. The fourth-order valence-corrected chi connectivity index (χ4v) is 1.44. The highest BCUT2D eigenvalue weighted by molar-refractivity contribution is 6.30. The summed E-state index contributed by atoms with van der Waals surface area (Å²) in [6, 6.07) is 5.80. The smallest absolute Gasteiger partial charge is 0.0410 e. The van der Waals surface area contributed by atoms with Crippen LogP contribution in [0.5, 0.6) is 0 Å². The van der Waals surface area contributed by atoms with E-state index in [1.807, 2.05) is 30.4 Å². The molecule has 74 valence electrons. The first-order chi connectivity index (χ1) is 6.77. The Morgan fingerprint density at radius 3 is 2.71 bits per heavy atom. The minimum atomic E-state index is 0.756. The third kappa shape index (κ3) is 2.93. The highest BCUT2D eigenvalue weighted by Gasteiger charge is 2.00. The van der Waals surface area contributed by atoms with E-state index in [1.54, 1.807) is 0 Å². The molecule has 0 saturated carbocycles. The quantitative estimate of drug-likeness (QED) is 0.727. The van der Waals surface area contributed by atoms with Crippen molar-refractivity contribution in [1.29, 1.82) is 0 Å². The molecule has 2 heteroatoms.